The topological polar surface area (TPSA) is 58.4 Å². The van der Waals surface area contributed by atoms with Crippen LogP contribution in [0.3, 0.4) is 0 Å². The zero-order chi connectivity index (χ0) is 12.3. The molecule has 0 spiro atoms. The van der Waals surface area contributed by atoms with E-state index in [1.807, 2.05) is 12.1 Å². The number of amides is 1. The van der Waals surface area contributed by atoms with Crippen molar-refractivity contribution < 1.29 is 4.79 Å². The third-order valence-electron chi connectivity index (χ3n) is 2.81. The first kappa shape index (κ1) is 12.2. The molecule has 2 rings (SSSR count). The molecule has 3 N–H and O–H groups in total. The van der Waals surface area contributed by atoms with Crippen LogP contribution in [-0.2, 0) is 11.3 Å². The largest absolute Gasteiger partial charge is 0.398 e. The van der Waals surface area contributed by atoms with Gasteiger partial charge in [-0.3, -0.25) is 9.69 Å². The average Bonchev–Trinajstić information content (AvgIpc) is 2.48. The van der Waals surface area contributed by atoms with Gasteiger partial charge in [0.25, 0.3) is 0 Å². The number of carbonyl (C=O) groups is 1. The molecule has 4 nitrogen and oxygen atoms in total. The molecule has 0 aliphatic carbocycles. The Labute approximate surface area is 106 Å². The highest BCUT2D eigenvalue weighted by Gasteiger charge is 2.14. The maximum Gasteiger partial charge on any atom is 0.234 e. The first-order valence-corrected chi connectivity index (χ1v) is 6.06. The minimum Gasteiger partial charge on any atom is -0.398 e. The molecule has 1 aromatic rings. The number of benzene rings is 1. The normalized spacial score (nSPS) is 17.6. The summed E-state index contributed by atoms with van der Waals surface area (Å²) in [6.07, 6.45) is 0.981. The lowest BCUT2D eigenvalue weighted by atomic mass is 10.2. The quantitative estimate of drug-likeness (QED) is 0.780. The van der Waals surface area contributed by atoms with Crippen LogP contribution in [0.15, 0.2) is 18.2 Å². The molecule has 0 unspecified atom stereocenters. The minimum atomic E-state index is 0.0874. The van der Waals surface area contributed by atoms with Crippen LogP contribution in [0.5, 0.6) is 0 Å². The molecule has 1 aromatic carbocycles. The van der Waals surface area contributed by atoms with Crippen LogP contribution in [0.25, 0.3) is 0 Å². The number of hydrogen-bond acceptors (Lipinski definition) is 3. The molecule has 0 bridgehead atoms. The number of hydrogen-bond donors (Lipinski definition) is 2. The average molecular weight is 254 g/mol. The highest BCUT2D eigenvalue weighted by atomic mass is 35.5. The Bertz CT molecular complexity index is 422. The SMILES string of the molecule is Nc1cc(CN2CCCNC(=O)C2)ccc1Cl. The summed E-state index contributed by atoms with van der Waals surface area (Å²) in [6, 6.07) is 5.61. The van der Waals surface area contributed by atoms with Gasteiger partial charge in [-0.1, -0.05) is 17.7 Å². The van der Waals surface area contributed by atoms with E-state index in [4.69, 9.17) is 17.3 Å². The lowest BCUT2D eigenvalue weighted by Gasteiger charge is -2.18. The number of rotatable bonds is 2. The van der Waals surface area contributed by atoms with Crippen molar-refractivity contribution in [2.24, 2.45) is 0 Å². The van der Waals surface area contributed by atoms with Crippen LogP contribution in [0.4, 0.5) is 5.69 Å². The van der Waals surface area contributed by atoms with E-state index in [2.05, 4.69) is 10.2 Å². The van der Waals surface area contributed by atoms with Gasteiger partial charge in [-0.25, -0.2) is 0 Å². The van der Waals surface area contributed by atoms with Crippen LogP contribution in [0.2, 0.25) is 5.02 Å². The van der Waals surface area contributed by atoms with E-state index in [0.717, 1.165) is 31.6 Å². The molecule has 1 amide bonds. The Morgan fingerprint density at radius 1 is 1.47 bits per heavy atom. The molecule has 1 heterocycles. The van der Waals surface area contributed by atoms with Gasteiger partial charge >= 0.3 is 0 Å². The summed E-state index contributed by atoms with van der Waals surface area (Å²) in [6.45, 7) is 2.86. The van der Waals surface area contributed by atoms with E-state index in [9.17, 15) is 4.79 Å². The van der Waals surface area contributed by atoms with E-state index in [1.54, 1.807) is 6.07 Å². The summed E-state index contributed by atoms with van der Waals surface area (Å²) in [5, 5.41) is 3.43. The number of nitrogens with one attached hydrogen (secondary N) is 1. The first-order valence-electron chi connectivity index (χ1n) is 5.68. The molecular formula is C12H16ClN3O. The molecule has 0 radical (unpaired) electrons. The number of nitrogens with zero attached hydrogens (tertiary/aromatic N) is 1. The van der Waals surface area contributed by atoms with Crippen LogP contribution in [-0.4, -0.2) is 30.4 Å². The Kier molecular flexibility index (Phi) is 3.86. The predicted molar refractivity (Wildman–Crippen MR) is 68.8 cm³/mol. The Balaban J connectivity index is 2.03. The highest BCUT2D eigenvalue weighted by Crippen LogP contribution is 2.20. The number of anilines is 1. The zero-order valence-corrected chi connectivity index (χ0v) is 10.3. The third kappa shape index (κ3) is 3.35. The van der Waals surface area contributed by atoms with Gasteiger partial charge in [0.2, 0.25) is 5.91 Å². The van der Waals surface area contributed by atoms with Crippen LogP contribution in [0, 0.1) is 0 Å². The number of halogens is 1. The molecule has 0 atom stereocenters. The van der Waals surface area contributed by atoms with E-state index in [1.165, 1.54) is 0 Å². The van der Waals surface area contributed by atoms with Gasteiger partial charge in [-0.15, -0.1) is 0 Å². The maximum absolute atomic E-state index is 11.4. The van der Waals surface area contributed by atoms with E-state index >= 15 is 0 Å². The zero-order valence-electron chi connectivity index (χ0n) is 9.58. The summed E-state index contributed by atoms with van der Waals surface area (Å²) in [5.74, 6) is 0.0874. The van der Waals surface area contributed by atoms with Crippen molar-refractivity contribution in [3.05, 3.63) is 28.8 Å². The fourth-order valence-corrected chi connectivity index (χ4v) is 2.07. The Morgan fingerprint density at radius 3 is 3.06 bits per heavy atom. The van der Waals surface area contributed by atoms with Gasteiger partial charge in [0, 0.05) is 19.6 Å². The summed E-state index contributed by atoms with van der Waals surface area (Å²) in [5.41, 5.74) is 7.43. The smallest absolute Gasteiger partial charge is 0.234 e. The summed E-state index contributed by atoms with van der Waals surface area (Å²) in [4.78, 5) is 13.5. The molecule has 5 heteroatoms. The molecule has 17 heavy (non-hydrogen) atoms. The van der Waals surface area contributed by atoms with Crippen LogP contribution in [0.1, 0.15) is 12.0 Å². The number of nitrogen functional groups attached to an aromatic ring is 1. The lowest BCUT2D eigenvalue weighted by molar-refractivity contribution is -0.121. The van der Waals surface area contributed by atoms with Gasteiger partial charge < -0.3 is 11.1 Å². The van der Waals surface area contributed by atoms with Gasteiger partial charge in [0.05, 0.1) is 17.3 Å². The van der Waals surface area contributed by atoms with E-state index < -0.39 is 0 Å². The summed E-state index contributed by atoms with van der Waals surface area (Å²) in [7, 11) is 0. The second-order valence-electron chi connectivity index (χ2n) is 4.27. The van der Waals surface area contributed by atoms with Crippen LogP contribution >= 0.6 is 11.6 Å². The number of carbonyl (C=O) groups excluding carboxylic acids is 1. The highest BCUT2D eigenvalue weighted by molar-refractivity contribution is 6.33. The predicted octanol–water partition coefficient (Wildman–Crippen LogP) is 1.24. The molecule has 1 saturated heterocycles. The van der Waals surface area contributed by atoms with Crippen LogP contribution < -0.4 is 11.1 Å². The van der Waals surface area contributed by atoms with Crippen molar-refractivity contribution in [1.82, 2.24) is 10.2 Å². The van der Waals surface area contributed by atoms with Crippen molar-refractivity contribution in [2.75, 3.05) is 25.4 Å². The molecule has 1 aliphatic heterocycles. The van der Waals surface area contributed by atoms with Crippen molar-refractivity contribution in [3.63, 3.8) is 0 Å². The summed E-state index contributed by atoms with van der Waals surface area (Å²) < 4.78 is 0. The monoisotopic (exact) mass is 253 g/mol. The second kappa shape index (κ2) is 5.38. The van der Waals surface area contributed by atoms with Crippen molar-refractivity contribution in [3.8, 4) is 0 Å². The Morgan fingerprint density at radius 2 is 2.29 bits per heavy atom. The van der Waals surface area contributed by atoms with E-state index in [-0.39, 0.29) is 5.91 Å². The lowest BCUT2D eigenvalue weighted by Crippen LogP contribution is -2.32. The fraction of sp³-hybridized carbons (Fsp3) is 0.417. The minimum absolute atomic E-state index is 0.0874. The standard InChI is InChI=1S/C12H16ClN3O/c13-10-3-2-9(6-11(10)14)7-16-5-1-4-15-12(17)8-16/h2-3,6H,1,4-5,7-8,14H2,(H,15,17). The fourth-order valence-electron chi connectivity index (χ4n) is 1.95. The van der Waals surface area contributed by atoms with Gasteiger partial charge in [0.1, 0.15) is 0 Å². The van der Waals surface area contributed by atoms with Gasteiger partial charge in [0.15, 0.2) is 0 Å². The maximum atomic E-state index is 11.4. The second-order valence-corrected chi connectivity index (χ2v) is 4.68. The van der Waals surface area contributed by atoms with Crippen molar-refractivity contribution in [2.45, 2.75) is 13.0 Å². The van der Waals surface area contributed by atoms with Crippen molar-refractivity contribution in [1.29, 1.82) is 0 Å². The molecule has 1 fully saturated rings. The first-order chi connectivity index (χ1) is 8.15. The molecule has 0 saturated carbocycles. The molecule has 0 aromatic heterocycles. The summed E-state index contributed by atoms with van der Waals surface area (Å²) >= 11 is 5.87. The third-order valence-corrected chi connectivity index (χ3v) is 3.15. The van der Waals surface area contributed by atoms with E-state index in [0.29, 0.717) is 17.3 Å². The van der Waals surface area contributed by atoms with Crippen molar-refractivity contribution >= 4 is 23.2 Å². The molecule has 1 aliphatic rings. The molecular weight excluding hydrogens is 238 g/mol. The molecule has 92 valence electrons. The Hall–Kier alpha value is -1.26. The van der Waals surface area contributed by atoms with Gasteiger partial charge in [-0.2, -0.15) is 0 Å². The number of nitrogens with two attached hydrogens (primary N) is 1. The van der Waals surface area contributed by atoms with Gasteiger partial charge in [-0.05, 0) is 24.1 Å².